The van der Waals surface area contributed by atoms with E-state index in [1.165, 1.54) is 5.56 Å². The molecule has 0 aliphatic carbocycles. The Morgan fingerprint density at radius 1 is 1.08 bits per heavy atom. The number of carbonyl (C=O) groups excluding carboxylic acids is 1. The summed E-state index contributed by atoms with van der Waals surface area (Å²) in [5.74, 6) is 0.0572. The van der Waals surface area contributed by atoms with E-state index in [4.69, 9.17) is 0 Å². The Kier molecular flexibility index (Phi) is 5.64. The number of aromatic nitrogens is 2. The summed E-state index contributed by atoms with van der Waals surface area (Å²) >= 11 is 0. The molecule has 1 aromatic carbocycles. The van der Waals surface area contributed by atoms with Gasteiger partial charge in [0.2, 0.25) is 0 Å². The largest absolute Gasteiger partial charge is 0.336 e. The summed E-state index contributed by atoms with van der Waals surface area (Å²) < 4.78 is 1.68. The highest BCUT2D eigenvalue weighted by Crippen LogP contribution is 2.09. The molecule has 1 aliphatic rings. The molecule has 5 heteroatoms. The van der Waals surface area contributed by atoms with Gasteiger partial charge in [0.15, 0.2) is 0 Å². The molecule has 0 atom stereocenters. The van der Waals surface area contributed by atoms with Crippen molar-refractivity contribution in [3.05, 3.63) is 53.9 Å². The molecule has 0 radical (unpaired) electrons. The van der Waals surface area contributed by atoms with Crippen molar-refractivity contribution in [2.24, 2.45) is 7.05 Å². The molecule has 1 amide bonds. The van der Waals surface area contributed by atoms with Crippen molar-refractivity contribution in [2.75, 3.05) is 32.7 Å². The van der Waals surface area contributed by atoms with E-state index < -0.39 is 0 Å². The molecule has 128 valence electrons. The van der Waals surface area contributed by atoms with E-state index >= 15 is 0 Å². The third kappa shape index (κ3) is 4.45. The molecular weight excluding hydrogens is 300 g/mol. The van der Waals surface area contributed by atoms with Gasteiger partial charge in [-0.3, -0.25) is 9.48 Å². The Hall–Kier alpha value is -2.14. The van der Waals surface area contributed by atoms with Gasteiger partial charge in [-0.1, -0.05) is 30.3 Å². The minimum atomic E-state index is 0.0572. The Morgan fingerprint density at radius 2 is 1.92 bits per heavy atom. The summed E-state index contributed by atoms with van der Waals surface area (Å²) in [4.78, 5) is 16.9. The van der Waals surface area contributed by atoms with E-state index in [2.05, 4.69) is 40.3 Å². The van der Waals surface area contributed by atoms with Crippen LogP contribution in [0.5, 0.6) is 0 Å². The normalized spacial score (nSPS) is 16.1. The molecule has 1 fully saturated rings. The summed E-state index contributed by atoms with van der Waals surface area (Å²) in [6.45, 7) is 4.74. The highest BCUT2D eigenvalue weighted by molar-refractivity contribution is 5.92. The average Bonchev–Trinajstić information content (AvgIpc) is 2.90. The zero-order valence-corrected chi connectivity index (χ0v) is 14.4. The number of hydrogen-bond acceptors (Lipinski definition) is 3. The van der Waals surface area contributed by atoms with Crippen molar-refractivity contribution in [1.29, 1.82) is 0 Å². The van der Waals surface area contributed by atoms with Gasteiger partial charge in [-0.05, 0) is 44.0 Å². The fourth-order valence-corrected chi connectivity index (χ4v) is 3.24. The fourth-order valence-electron chi connectivity index (χ4n) is 3.24. The fraction of sp³-hybridized carbons (Fsp3) is 0.474. The van der Waals surface area contributed by atoms with Crippen LogP contribution in [0.15, 0.2) is 42.6 Å². The van der Waals surface area contributed by atoms with Gasteiger partial charge >= 0.3 is 0 Å². The van der Waals surface area contributed by atoms with Gasteiger partial charge in [0.25, 0.3) is 5.91 Å². The molecule has 24 heavy (non-hydrogen) atoms. The topological polar surface area (TPSA) is 41.4 Å². The first-order chi connectivity index (χ1) is 11.7. The van der Waals surface area contributed by atoms with Gasteiger partial charge in [-0.2, -0.15) is 5.10 Å². The molecule has 1 aliphatic heterocycles. The second-order valence-electron chi connectivity index (χ2n) is 6.45. The lowest BCUT2D eigenvalue weighted by Crippen LogP contribution is -2.35. The summed E-state index contributed by atoms with van der Waals surface area (Å²) in [5, 5.41) is 4.23. The predicted octanol–water partition coefficient (Wildman–Crippen LogP) is 2.20. The third-order valence-corrected chi connectivity index (χ3v) is 4.59. The van der Waals surface area contributed by atoms with E-state index in [1.54, 1.807) is 10.7 Å². The first-order valence-electron chi connectivity index (χ1n) is 8.77. The summed E-state index contributed by atoms with van der Waals surface area (Å²) in [6, 6.07) is 12.4. The van der Waals surface area contributed by atoms with Gasteiger partial charge in [-0.25, -0.2) is 0 Å². The van der Waals surface area contributed by atoms with E-state index in [-0.39, 0.29) is 5.91 Å². The number of benzene rings is 1. The maximum absolute atomic E-state index is 12.5. The molecule has 1 saturated heterocycles. The molecule has 0 N–H and O–H groups in total. The summed E-state index contributed by atoms with van der Waals surface area (Å²) in [7, 11) is 1.84. The van der Waals surface area contributed by atoms with E-state index in [0.29, 0.717) is 5.69 Å². The van der Waals surface area contributed by atoms with Crippen LogP contribution in [0.1, 0.15) is 28.9 Å². The molecule has 2 aromatic rings. The van der Waals surface area contributed by atoms with Crippen LogP contribution < -0.4 is 0 Å². The van der Waals surface area contributed by atoms with Crippen LogP contribution in [0.4, 0.5) is 0 Å². The number of amides is 1. The minimum Gasteiger partial charge on any atom is -0.336 e. The molecular formula is C19H26N4O. The highest BCUT2D eigenvalue weighted by atomic mass is 16.2. The molecule has 1 aromatic heterocycles. The van der Waals surface area contributed by atoms with Crippen molar-refractivity contribution in [3.8, 4) is 0 Å². The zero-order chi connectivity index (χ0) is 16.8. The van der Waals surface area contributed by atoms with Crippen molar-refractivity contribution >= 4 is 5.91 Å². The van der Waals surface area contributed by atoms with Crippen LogP contribution >= 0.6 is 0 Å². The van der Waals surface area contributed by atoms with Gasteiger partial charge < -0.3 is 9.80 Å². The number of nitrogens with zero attached hydrogens (tertiary/aromatic N) is 4. The predicted molar refractivity (Wildman–Crippen MR) is 94.9 cm³/mol. The average molecular weight is 326 g/mol. The monoisotopic (exact) mass is 326 g/mol. The van der Waals surface area contributed by atoms with E-state index in [0.717, 1.165) is 52.0 Å². The van der Waals surface area contributed by atoms with Crippen molar-refractivity contribution in [1.82, 2.24) is 19.6 Å². The molecule has 3 rings (SSSR count). The molecule has 0 spiro atoms. The smallest absolute Gasteiger partial charge is 0.274 e. The maximum atomic E-state index is 12.5. The van der Waals surface area contributed by atoms with Crippen LogP contribution in [0, 0.1) is 0 Å². The quantitative estimate of drug-likeness (QED) is 0.846. The zero-order valence-electron chi connectivity index (χ0n) is 14.4. The van der Waals surface area contributed by atoms with Crippen molar-refractivity contribution < 1.29 is 4.79 Å². The van der Waals surface area contributed by atoms with Crippen LogP contribution in [0.2, 0.25) is 0 Å². The maximum Gasteiger partial charge on any atom is 0.274 e. The molecule has 0 unspecified atom stereocenters. The Balaban J connectivity index is 1.45. The highest BCUT2D eigenvalue weighted by Gasteiger charge is 2.21. The Labute approximate surface area is 143 Å². The Morgan fingerprint density at radius 3 is 2.67 bits per heavy atom. The lowest BCUT2D eigenvalue weighted by molar-refractivity contribution is 0.0754. The summed E-state index contributed by atoms with van der Waals surface area (Å²) in [6.07, 6.45) is 5.14. The number of carbonyl (C=O) groups is 1. The van der Waals surface area contributed by atoms with Gasteiger partial charge in [0.1, 0.15) is 5.69 Å². The number of hydrogen-bond donors (Lipinski definition) is 0. The van der Waals surface area contributed by atoms with Crippen molar-refractivity contribution in [2.45, 2.75) is 19.3 Å². The molecule has 2 heterocycles. The molecule has 0 saturated carbocycles. The van der Waals surface area contributed by atoms with Crippen molar-refractivity contribution in [3.63, 3.8) is 0 Å². The minimum absolute atomic E-state index is 0.0572. The molecule has 5 nitrogen and oxygen atoms in total. The standard InChI is InChI=1S/C19H26N4O/c1-21-14-10-18(20-21)19(24)23-13-6-12-22(15-16-23)11-5-9-17-7-3-2-4-8-17/h2-4,7-8,10,14H,5-6,9,11-13,15-16H2,1H3. The lowest BCUT2D eigenvalue weighted by atomic mass is 10.1. The van der Waals surface area contributed by atoms with Crippen LogP contribution in [0.25, 0.3) is 0 Å². The lowest BCUT2D eigenvalue weighted by Gasteiger charge is -2.21. The first-order valence-corrected chi connectivity index (χ1v) is 8.77. The number of aryl methyl sites for hydroxylation is 2. The van der Waals surface area contributed by atoms with Gasteiger partial charge in [0.05, 0.1) is 0 Å². The first kappa shape index (κ1) is 16.7. The summed E-state index contributed by atoms with van der Waals surface area (Å²) in [5.41, 5.74) is 1.95. The van der Waals surface area contributed by atoms with Gasteiger partial charge in [0, 0.05) is 32.9 Å². The van der Waals surface area contributed by atoms with E-state index in [1.807, 2.05) is 18.1 Å². The SMILES string of the molecule is Cn1ccc(C(=O)N2CCCN(CCCc3ccccc3)CC2)n1. The second-order valence-corrected chi connectivity index (χ2v) is 6.45. The van der Waals surface area contributed by atoms with Crippen LogP contribution in [-0.2, 0) is 13.5 Å². The Bertz CT molecular complexity index is 652. The van der Waals surface area contributed by atoms with Gasteiger partial charge in [-0.15, -0.1) is 0 Å². The third-order valence-electron chi connectivity index (χ3n) is 4.59. The molecule has 0 bridgehead atoms. The van der Waals surface area contributed by atoms with Crippen LogP contribution in [0.3, 0.4) is 0 Å². The number of rotatable bonds is 5. The second kappa shape index (κ2) is 8.11. The van der Waals surface area contributed by atoms with Crippen LogP contribution in [-0.4, -0.2) is 58.2 Å². The van der Waals surface area contributed by atoms with E-state index in [9.17, 15) is 4.79 Å².